The number of carbonyl (C=O) groups is 2. The van der Waals surface area contributed by atoms with E-state index in [0.717, 1.165) is 23.7 Å². The van der Waals surface area contributed by atoms with Gasteiger partial charge in [0.2, 0.25) is 0 Å². The number of aryl methyl sites for hydroxylation is 2. The summed E-state index contributed by atoms with van der Waals surface area (Å²) in [6.07, 6.45) is 3.39. The van der Waals surface area contributed by atoms with Crippen molar-refractivity contribution in [3.63, 3.8) is 0 Å². The van der Waals surface area contributed by atoms with Crippen molar-refractivity contribution in [3.05, 3.63) is 35.0 Å². The lowest BCUT2D eigenvalue weighted by molar-refractivity contribution is 0.0698. The van der Waals surface area contributed by atoms with Gasteiger partial charge in [-0.3, -0.25) is 4.79 Å². The van der Waals surface area contributed by atoms with Crippen molar-refractivity contribution < 1.29 is 14.7 Å². The maximum atomic E-state index is 11.3. The molecule has 94 valence electrons. The molecule has 4 nitrogen and oxygen atoms in total. The highest BCUT2D eigenvalue weighted by Gasteiger charge is 2.16. The van der Waals surface area contributed by atoms with E-state index in [1.165, 1.54) is 0 Å². The lowest BCUT2D eigenvalue weighted by Crippen LogP contribution is -2.03. The second-order valence-electron chi connectivity index (χ2n) is 4.41. The van der Waals surface area contributed by atoms with Gasteiger partial charge in [0.1, 0.15) is 0 Å². The number of carbonyl (C=O) groups excluding carboxylic acids is 1. The summed E-state index contributed by atoms with van der Waals surface area (Å²) in [6.45, 7) is 4.55. The van der Waals surface area contributed by atoms with Gasteiger partial charge in [0.25, 0.3) is 0 Å². The van der Waals surface area contributed by atoms with Crippen LogP contribution in [0.4, 0.5) is 0 Å². The molecule has 0 aliphatic rings. The van der Waals surface area contributed by atoms with Crippen molar-refractivity contribution in [2.75, 3.05) is 0 Å². The fourth-order valence-electron chi connectivity index (χ4n) is 2.28. The first-order valence-corrected chi connectivity index (χ1v) is 5.90. The number of benzene rings is 1. The highest BCUT2D eigenvalue weighted by Crippen LogP contribution is 2.26. The van der Waals surface area contributed by atoms with Gasteiger partial charge in [-0.25, -0.2) is 4.79 Å². The minimum Gasteiger partial charge on any atom is -0.478 e. The van der Waals surface area contributed by atoms with Crippen LogP contribution in [0.1, 0.15) is 39.6 Å². The molecule has 2 rings (SSSR count). The first-order valence-electron chi connectivity index (χ1n) is 5.90. The Kier molecular flexibility index (Phi) is 3.19. The molecule has 0 saturated carbocycles. The van der Waals surface area contributed by atoms with E-state index in [0.29, 0.717) is 17.6 Å². The molecule has 0 atom stereocenters. The Morgan fingerprint density at radius 3 is 2.72 bits per heavy atom. The van der Waals surface area contributed by atoms with Crippen molar-refractivity contribution >= 4 is 23.2 Å². The Balaban J connectivity index is 2.86. The highest BCUT2D eigenvalue weighted by molar-refractivity contribution is 6.07. The number of hydrogen-bond acceptors (Lipinski definition) is 2. The molecule has 0 unspecified atom stereocenters. The first-order chi connectivity index (χ1) is 8.58. The van der Waals surface area contributed by atoms with Crippen LogP contribution in [0.3, 0.4) is 0 Å². The summed E-state index contributed by atoms with van der Waals surface area (Å²) in [6, 6.07) is 3.50. The van der Waals surface area contributed by atoms with Crippen LogP contribution >= 0.6 is 0 Å². The average Bonchev–Trinajstić information content (AvgIpc) is 2.66. The predicted molar refractivity (Wildman–Crippen MR) is 69.3 cm³/mol. The molecule has 0 aliphatic carbocycles. The molecule has 2 aromatic rings. The van der Waals surface area contributed by atoms with Crippen molar-refractivity contribution in [2.24, 2.45) is 0 Å². The molecule has 4 heteroatoms. The number of aromatic nitrogens is 1. The van der Waals surface area contributed by atoms with E-state index in [9.17, 15) is 14.7 Å². The fourth-order valence-corrected chi connectivity index (χ4v) is 2.28. The zero-order valence-corrected chi connectivity index (χ0v) is 10.4. The van der Waals surface area contributed by atoms with Crippen LogP contribution in [-0.4, -0.2) is 21.9 Å². The maximum Gasteiger partial charge on any atom is 0.337 e. The van der Waals surface area contributed by atoms with E-state index in [-0.39, 0.29) is 5.56 Å². The van der Waals surface area contributed by atoms with Gasteiger partial charge in [0.05, 0.1) is 11.1 Å². The van der Waals surface area contributed by atoms with Gasteiger partial charge in [0, 0.05) is 23.7 Å². The Hall–Kier alpha value is -2.10. The number of carboxylic acids is 1. The largest absolute Gasteiger partial charge is 0.478 e. The molecule has 0 fully saturated rings. The van der Waals surface area contributed by atoms with E-state index in [1.54, 1.807) is 12.3 Å². The van der Waals surface area contributed by atoms with Crippen LogP contribution < -0.4 is 0 Å². The second kappa shape index (κ2) is 4.64. The molecular formula is C14H15NO3. The maximum absolute atomic E-state index is 11.3. The molecule has 1 N–H and O–H groups in total. The lowest BCUT2D eigenvalue weighted by atomic mass is 10.1. The minimum absolute atomic E-state index is 0.256. The molecule has 0 radical (unpaired) electrons. The zero-order valence-electron chi connectivity index (χ0n) is 10.4. The summed E-state index contributed by atoms with van der Waals surface area (Å²) >= 11 is 0. The van der Waals surface area contributed by atoms with Crippen LogP contribution in [0.15, 0.2) is 18.3 Å². The van der Waals surface area contributed by atoms with Gasteiger partial charge < -0.3 is 9.67 Å². The zero-order chi connectivity index (χ0) is 13.3. The Morgan fingerprint density at radius 2 is 2.17 bits per heavy atom. The van der Waals surface area contributed by atoms with E-state index < -0.39 is 5.97 Å². The smallest absolute Gasteiger partial charge is 0.337 e. The number of nitrogens with zero attached hydrogens (tertiary/aromatic N) is 1. The van der Waals surface area contributed by atoms with Gasteiger partial charge >= 0.3 is 5.97 Å². The quantitative estimate of drug-likeness (QED) is 0.842. The molecule has 0 aliphatic heterocycles. The third-order valence-electron chi connectivity index (χ3n) is 2.97. The molecule has 0 amide bonds. The Labute approximate surface area is 105 Å². The molecular weight excluding hydrogens is 230 g/mol. The molecule has 1 aromatic heterocycles. The molecule has 0 spiro atoms. The summed E-state index contributed by atoms with van der Waals surface area (Å²) in [5, 5.41) is 10.00. The van der Waals surface area contributed by atoms with Crippen LogP contribution in [0.5, 0.6) is 0 Å². The molecule has 18 heavy (non-hydrogen) atoms. The van der Waals surface area contributed by atoms with Crippen LogP contribution in [-0.2, 0) is 6.54 Å². The van der Waals surface area contributed by atoms with E-state index in [1.807, 2.05) is 24.5 Å². The normalized spacial score (nSPS) is 10.8. The van der Waals surface area contributed by atoms with Crippen LogP contribution in [0, 0.1) is 6.92 Å². The van der Waals surface area contributed by atoms with Crippen molar-refractivity contribution in [2.45, 2.75) is 26.8 Å². The summed E-state index contributed by atoms with van der Waals surface area (Å²) in [5.41, 5.74) is 2.28. The van der Waals surface area contributed by atoms with Gasteiger partial charge in [-0.05, 0) is 31.0 Å². The van der Waals surface area contributed by atoms with Crippen molar-refractivity contribution in [3.8, 4) is 0 Å². The van der Waals surface area contributed by atoms with E-state index in [4.69, 9.17) is 0 Å². The standard InChI is InChI=1S/C14H15NO3/c1-3-4-15-7-10(8-16)11-5-9(2)6-12(13(11)15)14(17)18/h5-8H,3-4H2,1-2H3,(H,17,18). The van der Waals surface area contributed by atoms with E-state index >= 15 is 0 Å². The molecule has 1 aromatic carbocycles. The van der Waals surface area contributed by atoms with Gasteiger partial charge in [-0.1, -0.05) is 6.92 Å². The predicted octanol–water partition coefficient (Wildman–Crippen LogP) is 2.87. The van der Waals surface area contributed by atoms with Gasteiger partial charge in [-0.15, -0.1) is 0 Å². The third-order valence-corrected chi connectivity index (χ3v) is 2.97. The number of hydrogen-bond donors (Lipinski definition) is 1. The van der Waals surface area contributed by atoms with Gasteiger partial charge in [0.15, 0.2) is 6.29 Å². The van der Waals surface area contributed by atoms with Crippen molar-refractivity contribution in [1.82, 2.24) is 4.57 Å². The number of aromatic carboxylic acids is 1. The number of aldehydes is 1. The van der Waals surface area contributed by atoms with Gasteiger partial charge in [-0.2, -0.15) is 0 Å². The second-order valence-corrected chi connectivity index (χ2v) is 4.41. The summed E-state index contributed by atoms with van der Waals surface area (Å²) in [7, 11) is 0. The summed E-state index contributed by atoms with van der Waals surface area (Å²) in [4.78, 5) is 22.4. The number of rotatable bonds is 4. The molecule has 0 saturated heterocycles. The van der Waals surface area contributed by atoms with Crippen LogP contribution in [0.2, 0.25) is 0 Å². The first kappa shape index (κ1) is 12.4. The monoisotopic (exact) mass is 245 g/mol. The Bertz CT molecular complexity index is 625. The average molecular weight is 245 g/mol. The summed E-state index contributed by atoms with van der Waals surface area (Å²) < 4.78 is 1.85. The SMILES string of the molecule is CCCn1cc(C=O)c2cc(C)cc(C(=O)O)c21. The summed E-state index contributed by atoms with van der Waals surface area (Å²) in [5.74, 6) is -0.961. The molecule has 1 heterocycles. The third kappa shape index (κ3) is 1.90. The minimum atomic E-state index is -0.961. The topological polar surface area (TPSA) is 59.3 Å². The highest BCUT2D eigenvalue weighted by atomic mass is 16.4. The lowest BCUT2D eigenvalue weighted by Gasteiger charge is -2.07. The van der Waals surface area contributed by atoms with E-state index in [2.05, 4.69) is 0 Å². The number of carboxylic acid groups (broad SMARTS) is 1. The fraction of sp³-hybridized carbons (Fsp3) is 0.286. The Morgan fingerprint density at radius 1 is 1.44 bits per heavy atom. The molecule has 0 bridgehead atoms. The number of fused-ring (bicyclic) bond motifs is 1. The van der Waals surface area contributed by atoms with Crippen LogP contribution in [0.25, 0.3) is 10.9 Å². The van der Waals surface area contributed by atoms with Crippen molar-refractivity contribution in [1.29, 1.82) is 0 Å².